The molecule has 0 fully saturated rings. The Hall–Kier alpha value is -3.79. The zero-order valence-electron chi connectivity index (χ0n) is 19.7. The Kier molecular flexibility index (Phi) is 7.62. The minimum atomic E-state index is -1.14. The summed E-state index contributed by atoms with van der Waals surface area (Å²) < 4.78 is 5.52. The van der Waals surface area contributed by atoms with E-state index in [0.717, 1.165) is 22.3 Å². The number of aliphatic carboxylic acids is 1. The lowest BCUT2D eigenvalue weighted by Crippen LogP contribution is -2.51. The van der Waals surface area contributed by atoms with E-state index in [0.29, 0.717) is 0 Å². The molecule has 7 heteroatoms. The van der Waals surface area contributed by atoms with E-state index in [1.807, 2.05) is 69.3 Å². The van der Waals surface area contributed by atoms with E-state index in [9.17, 15) is 19.5 Å². The van der Waals surface area contributed by atoms with Crippen molar-refractivity contribution in [3.05, 3.63) is 59.7 Å². The third-order valence-electron chi connectivity index (χ3n) is 5.56. The number of carboxylic acids is 1. The monoisotopic (exact) mass is 462 g/mol. The number of nitrogens with zero attached hydrogens (tertiary/aromatic N) is 1. The summed E-state index contributed by atoms with van der Waals surface area (Å²) in [5, 5.41) is 11.8. The number of ether oxygens (including phenoxy) is 1. The topological polar surface area (TPSA) is 95.9 Å². The van der Waals surface area contributed by atoms with Gasteiger partial charge in [0.25, 0.3) is 0 Å². The molecule has 0 saturated carbocycles. The maximum absolute atomic E-state index is 13.1. The molecule has 7 nitrogen and oxygen atoms in total. The number of carbonyl (C=O) groups excluding carboxylic acids is 2. The summed E-state index contributed by atoms with van der Waals surface area (Å²) >= 11 is 0. The fourth-order valence-corrected chi connectivity index (χ4v) is 4.27. The van der Waals surface area contributed by atoms with Crippen molar-refractivity contribution in [2.24, 2.45) is 5.41 Å². The summed E-state index contributed by atoms with van der Waals surface area (Å²) in [5.74, 6) is 0.570. The molecule has 1 unspecified atom stereocenters. The van der Waals surface area contributed by atoms with E-state index in [1.54, 1.807) is 0 Å². The van der Waals surface area contributed by atoms with Crippen molar-refractivity contribution >= 4 is 18.0 Å². The Morgan fingerprint density at radius 3 is 2.15 bits per heavy atom. The molecule has 3 rings (SSSR count). The molecule has 0 bridgehead atoms. The molecule has 2 aromatic carbocycles. The highest BCUT2D eigenvalue weighted by Crippen LogP contribution is 2.44. The molecule has 0 aliphatic heterocycles. The second-order valence-corrected chi connectivity index (χ2v) is 9.58. The number of carbonyl (C=O) groups is 3. The van der Waals surface area contributed by atoms with Crippen LogP contribution in [0.1, 0.15) is 44.2 Å². The average Bonchev–Trinajstić information content (AvgIpc) is 3.09. The first-order chi connectivity index (χ1) is 16.1. The Balaban J connectivity index is 1.70. The Morgan fingerprint density at radius 1 is 1.09 bits per heavy atom. The molecule has 0 aromatic heterocycles. The van der Waals surface area contributed by atoms with Gasteiger partial charge in [-0.2, -0.15) is 0 Å². The van der Waals surface area contributed by atoms with Crippen LogP contribution in [0.3, 0.4) is 0 Å². The molecule has 2 N–H and O–H groups in total. The van der Waals surface area contributed by atoms with Crippen LogP contribution in [-0.2, 0) is 14.3 Å². The molecule has 2 aromatic rings. The highest BCUT2D eigenvalue weighted by atomic mass is 16.5. The molecule has 0 heterocycles. The molecule has 0 spiro atoms. The minimum Gasteiger partial charge on any atom is -0.480 e. The number of rotatable bonds is 8. The predicted octanol–water partition coefficient (Wildman–Crippen LogP) is 3.88. The third kappa shape index (κ3) is 5.96. The van der Waals surface area contributed by atoms with Crippen molar-refractivity contribution in [2.75, 3.05) is 19.7 Å². The number of benzene rings is 2. The van der Waals surface area contributed by atoms with Gasteiger partial charge in [-0.05, 0) is 27.7 Å². The van der Waals surface area contributed by atoms with Crippen molar-refractivity contribution in [2.45, 2.75) is 39.2 Å². The van der Waals surface area contributed by atoms with E-state index >= 15 is 0 Å². The van der Waals surface area contributed by atoms with Crippen molar-refractivity contribution in [1.82, 2.24) is 10.2 Å². The quantitative estimate of drug-likeness (QED) is 0.581. The van der Waals surface area contributed by atoms with Gasteiger partial charge in [-0.25, -0.2) is 4.79 Å². The molecular weight excluding hydrogens is 432 g/mol. The normalized spacial score (nSPS) is 13.2. The lowest BCUT2D eigenvalue weighted by atomic mass is 9.95. The van der Waals surface area contributed by atoms with E-state index < -0.39 is 30.6 Å². The standard InChI is InChI=1S/C27H30N2O5/c1-5-10-23(25(32)29(15-24(30)31)17-27(2,3)4)28-26(33)34-16-22-20-13-8-6-11-18(20)19-12-7-9-14-21(19)22/h1,6-9,11-14,22-23H,10,15-17H2,2-4H3,(H,28,33)(H,30,31). The molecular formula is C27H30N2O5. The molecule has 34 heavy (non-hydrogen) atoms. The van der Waals surface area contributed by atoms with Crippen LogP contribution in [0.2, 0.25) is 0 Å². The summed E-state index contributed by atoms with van der Waals surface area (Å²) in [6.07, 6.45) is 4.57. The van der Waals surface area contributed by atoms with Gasteiger partial charge in [-0.3, -0.25) is 9.59 Å². The summed E-state index contributed by atoms with van der Waals surface area (Å²) in [6, 6.07) is 14.9. The summed E-state index contributed by atoms with van der Waals surface area (Å²) in [5.41, 5.74) is 4.03. The molecule has 0 radical (unpaired) electrons. The number of nitrogens with one attached hydrogen (secondary N) is 1. The Labute approximate surface area is 200 Å². The van der Waals surface area contributed by atoms with Gasteiger partial charge in [0.1, 0.15) is 19.2 Å². The first kappa shape index (κ1) is 24.8. The number of amides is 2. The summed E-state index contributed by atoms with van der Waals surface area (Å²) in [6.45, 7) is 5.49. The summed E-state index contributed by atoms with van der Waals surface area (Å²) in [4.78, 5) is 38.2. The Morgan fingerprint density at radius 2 is 1.65 bits per heavy atom. The number of fused-ring (bicyclic) bond motifs is 3. The van der Waals surface area contributed by atoms with Gasteiger partial charge in [0.15, 0.2) is 0 Å². The zero-order valence-corrected chi connectivity index (χ0v) is 19.7. The number of alkyl carbamates (subject to hydrolysis) is 1. The van der Waals surface area contributed by atoms with Gasteiger partial charge in [0, 0.05) is 18.9 Å². The number of terminal acetylenes is 1. The average molecular weight is 463 g/mol. The van der Waals surface area contributed by atoms with Crippen LogP contribution in [0.25, 0.3) is 11.1 Å². The predicted molar refractivity (Wildman–Crippen MR) is 129 cm³/mol. The van der Waals surface area contributed by atoms with Gasteiger partial charge in [0.2, 0.25) is 5.91 Å². The lowest BCUT2D eigenvalue weighted by Gasteiger charge is -2.31. The van der Waals surface area contributed by atoms with Gasteiger partial charge in [-0.1, -0.05) is 69.3 Å². The lowest BCUT2D eigenvalue weighted by molar-refractivity contribution is -0.146. The number of hydrogen-bond donors (Lipinski definition) is 2. The van der Waals surface area contributed by atoms with Crippen molar-refractivity contribution in [3.63, 3.8) is 0 Å². The number of hydrogen-bond acceptors (Lipinski definition) is 4. The first-order valence-corrected chi connectivity index (χ1v) is 11.2. The van der Waals surface area contributed by atoms with Gasteiger partial charge < -0.3 is 20.1 Å². The second-order valence-electron chi connectivity index (χ2n) is 9.58. The SMILES string of the molecule is C#CCC(NC(=O)OCC1c2ccccc2-c2ccccc21)C(=O)N(CC(=O)O)CC(C)(C)C. The molecule has 2 amide bonds. The van der Waals surface area contributed by atoms with Crippen LogP contribution < -0.4 is 5.32 Å². The van der Waals surface area contributed by atoms with Crippen LogP contribution >= 0.6 is 0 Å². The molecule has 178 valence electrons. The minimum absolute atomic E-state index is 0.0801. The van der Waals surface area contributed by atoms with Crippen LogP contribution in [0.5, 0.6) is 0 Å². The van der Waals surface area contributed by atoms with Crippen molar-refractivity contribution in [3.8, 4) is 23.5 Å². The molecule has 1 atom stereocenters. The summed E-state index contributed by atoms with van der Waals surface area (Å²) in [7, 11) is 0. The van der Waals surface area contributed by atoms with E-state index in [1.165, 1.54) is 4.90 Å². The van der Waals surface area contributed by atoms with Crippen LogP contribution in [-0.4, -0.2) is 53.7 Å². The zero-order chi connectivity index (χ0) is 24.9. The van der Waals surface area contributed by atoms with Crippen LogP contribution in [0, 0.1) is 17.8 Å². The van der Waals surface area contributed by atoms with E-state index in [4.69, 9.17) is 11.2 Å². The fourth-order valence-electron chi connectivity index (χ4n) is 4.27. The molecule has 1 aliphatic carbocycles. The number of carboxylic acid groups (broad SMARTS) is 1. The van der Waals surface area contributed by atoms with Gasteiger partial charge >= 0.3 is 12.1 Å². The van der Waals surface area contributed by atoms with E-state index in [-0.39, 0.29) is 30.9 Å². The third-order valence-corrected chi connectivity index (χ3v) is 5.56. The highest BCUT2D eigenvalue weighted by molar-refractivity contribution is 5.88. The van der Waals surface area contributed by atoms with Crippen molar-refractivity contribution in [1.29, 1.82) is 0 Å². The van der Waals surface area contributed by atoms with E-state index in [2.05, 4.69) is 11.2 Å². The smallest absolute Gasteiger partial charge is 0.407 e. The fraction of sp³-hybridized carbons (Fsp3) is 0.370. The van der Waals surface area contributed by atoms with Gasteiger partial charge in [-0.15, -0.1) is 12.3 Å². The van der Waals surface area contributed by atoms with Crippen molar-refractivity contribution < 1.29 is 24.2 Å². The molecule has 0 saturated heterocycles. The maximum atomic E-state index is 13.1. The largest absolute Gasteiger partial charge is 0.480 e. The van der Waals surface area contributed by atoms with Crippen LogP contribution in [0.4, 0.5) is 4.79 Å². The maximum Gasteiger partial charge on any atom is 0.407 e. The molecule has 1 aliphatic rings. The Bertz CT molecular complexity index is 1070. The second kappa shape index (κ2) is 10.4. The first-order valence-electron chi connectivity index (χ1n) is 11.2. The highest BCUT2D eigenvalue weighted by Gasteiger charge is 2.32. The van der Waals surface area contributed by atoms with Gasteiger partial charge in [0.05, 0.1) is 0 Å². The van der Waals surface area contributed by atoms with Crippen LogP contribution in [0.15, 0.2) is 48.5 Å².